The van der Waals surface area contributed by atoms with Gasteiger partial charge in [0.1, 0.15) is 6.61 Å². The zero-order valence-corrected chi connectivity index (χ0v) is 18.7. The summed E-state index contributed by atoms with van der Waals surface area (Å²) >= 11 is 0. The van der Waals surface area contributed by atoms with Gasteiger partial charge >= 0.3 is 5.69 Å². The minimum atomic E-state index is -0.335. The van der Waals surface area contributed by atoms with Crippen LogP contribution in [0.15, 0.2) is 38.4 Å². The largest absolute Gasteiger partial charge is 0.475 e. The molecule has 0 bridgehead atoms. The molecule has 0 saturated carbocycles. The number of nitrogens with zero attached hydrogens (tertiary/aromatic N) is 7. The van der Waals surface area contributed by atoms with Crippen molar-refractivity contribution >= 4 is 17.3 Å². The molecule has 31 heavy (non-hydrogen) atoms. The van der Waals surface area contributed by atoms with Gasteiger partial charge in [0, 0.05) is 19.0 Å². The second-order valence-electron chi connectivity index (χ2n) is 6.57. The summed E-state index contributed by atoms with van der Waals surface area (Å²) in [4.78, 5) is 17.4. The molecule has 1 aromatic carbocycles. The molecule has 2 rings (SSSR count). The SMILES string of the molecule is CC#CCO\N=C(C)/C(C)=N\N=C(\CC)OCc1c(C)cccc1-n1nnn(C)c1=O. The van der Waals surface area contributed by atoms with Gasteiger partial charge in [0.05, 0.1) is 17.1 Å². The van der Waals surface area contributed by atoms with Crippen LogP contribution in [-0.4, -0.2) is 43.7 Å². The third-order valence-corrected chi connectivity index (χ3v) is 4.37. The first-order valence-electron chi connectivity index (χ1n) is 9.77. The average Bonchev–Trinajstić information content (AvgIpc) is 3.09. The van der Waals surface area contributed by atoms with E-state index in [-0.39, 0.29) is 18.9 Å². The first-order valence-corrected chi connectivity index (χ1v) is 9.77. The second-order valence-corrected chi connectivity index (χ2v) is 6.57. The zero-order chi connectivity index (χ0) is 22.8. The number of benzene rings is 1. The summed E-state index contributed by atoms with van der Waals surface area (Å²) in [7, 11) is 1.55. The maximum absolute atomic E-state index is 12.3. The molecule has 1 aromatic heterocycles. The van der Waals surface area contributed by atoms with Crippen LogP contribution in [0.5, 0.6) is 0 Å². The number of hydrogen-bond donors (Lipinski definition) is 0. The summed E-state index contributed by atoms with van der Waals surface area (Å²) in [5, 5.41) is 20.0. The van der Waals surface area contributed by atoms with E-state index >= 15 is 0 Å². The van der Waals surface area contributed by atoms with Gasteiger partial charge in [0.25, 0.3) is 0 Å². The van der Waals surface area contributed by atoms with E-state index in [1.54, 1.807) is 33.9 Å². The fourth-order valence-corrected chi connectivity index (χ4v) is 2.40. The minimum absolute atomic E-state index is 0.206. The van der Waals surface area contributed by atoms with Crippen molar-refractivity contribution in [1.82, 2.24) is 19.8 Å². The van der Waals surface area contributed by atoms with E-state index in [1.807, 2.05) is 26.0 Å². The first kappa shape index (κ1) is 23.5. The maximum atomic E-state index is 12.3. The molecule has 0 aliphatic heterocycles. The van der Waals surface area contributed by atoms with E-state index in [1.165, 1.54) is 9.36 Å². The molecule has 0 amide bonds. The van der Waals surface area contributed by atoms with E-state index in [4.69, 9.17) is 9.57 Å². The Morgan fingerprint density at radius 3 is 2.61 bits per heavy atom. The van der Waals surface area contributed by atoms with Crippen molar-refractivity contribution < 1.29 is 9.57 Å². The van der Waals surface area contributed by atoms with Crippen LogP contribution < -0.4 is 5.69 Å². The number of rotatable bonds is 8. The van der Waals surface area contributed by atoms with Crippen LogP contribution in [0, 0.1) is 18.8 Å². The summed E-state index contributed by atoms with van der Waals surface area (Å²) in [6.07, 6.45) is 0.544. The van der Waals surface area contributed by atoms with E-state index in [0.717, 1.165) is 11.1 Å². The highest BCUT2D eigenvalue weighted by molar-refractivity contribution is 6.40. The van der Waals surface area contributed by atoms with Gasteiger partial charge in [-0.05, 0) is 49.8 Å². The molecule has 2 aromatic rings. The fraction of sp³-hybridized carbons (Fsp3) is 0.429. The summed E-state index contributed by atoms with van der Waals surface area (Å²) in [6.45, 7) is 9.59. The number of tetrazole rings is 1. The Labute approximate surface area is 181 Å². The van der Waals surface area contributed by atoms with Crippen molar-refractivity contribution in [2.45, 2.75) is 47.6 Å². The fourth-order valence-electron chi connectivity index (χ4n) is 2.40. The Balaban J connectivity index is 2.18. The highest BCUT2D eigenvalue weighted by Gasteiger charge is 2.14. The highest BCUT2D eigenvalue weighted by atomic mass is 16.6. The minimum Gasteiger partial charge on any atom is -0.475 e. The Morgan fingerprint density at radius 2 is 1.97 bits per heavy atom. The number of aromatic nitrogens is 4. The highest BCUT2D eigenvalue weighted by Crippen LogP contribution is 2.18. The van der Waals surface area contributed by atoms with Crippen LogP contribution in [-0.2, 0) is 23.2 Å². The molecule has 164 valence electrons. The van der Waals surface area contributed by atoms with E-state index in [2.05, 4.69) is 37.6 Å². The van der Waals surface area contributed by atoms with Gasteiger partial charge in [-0.3, -0.25) is 0 Å². The quantitative estimate of drug-likeness (QED) is 0.212. The van der Waals surface area contributed by atoms with Crippen molar-refractivity contribution in [3.8, 4) is 17.5 Å². The van der Waals surface area contributed by atoms with Crippen LogP contribution >= 0.6 is 0 Å². The summed E-state index contributed by atoms with van der Waals surface area (Å²) in [6, 6.07) is 5.60. The zero-order valence-electron chi connectivity index (χ0n) is 18.7. The molecule has 0 spiro atoms. The predicted molar refractivity (Wildman–Crippen MR) is 119 cm³/mol. The molecule has 10 nitrogen and oxygen atoms in total. The second kappa shape index (κ2) is 11.4. The molecular weight excluding hydrogens is 398 g/mol. The third-order valence-electron chi connectivity index (χ3n) is 4.37. The van der Waals surface area contributed by atoms with Gasteiger partial charge in [-0.1, -0.05) is 30.1 Å². The molecule has 0 saturated heterocycles. The standard InChI is InChI=1S/C21H27N7O3/c1-7-9-13-31-24-17(5)16(4)22-23-20(8-2)30-14-18-15(3)11-10-12-19(18)28-21(29)27(6)25-26-28/h10-12H,8,13-14H2,1-6H3/b22-16-,23-20-,24-17-. The third kappa shape index (κ3) is 6.37. The van der Waals surface area contributed by atoms with Crippen LogP contribution in [0.4, 0.5) is 0 Å². The Kier molecular flexibility index (Phi) is 8.69. The van der Waals surface area contributed by atoms with Gasteiger partial charge in [-0.25, -0.2) is 4.79 Å². The summed E-state index contributed by atoms with van der Waals surface area (Å²) in [5.41, 5.74) is 3.25. The van der Waals surface area contributed by atoms with Crippen LogP contribution in [0.25, 0.3) is 5.69 Å². The molecule has 10 heteroatoms. The van der Waals surface area contributed by atoms with E-state index in [9.17, 15) is 4.79 Å². The van der Waals surface area contributed by atoms with Crippen LogP contribution in [0.2, 0.25) is 0 Å². The van der Waals surface area contributed by atoms with Gasteiger partial charge in [0.15, 0.2) is 6.61 Å². The lowest BCUT2D eigenvalue weighted by molar-refractivity contribution is 0.180. The summed E-state index contributed by atoms with van der Waals surface area (Å²) < 4.78 is 8.32. The van der Waals surface area contributed by atoms with Crippen molar-refractivity contribution in [2.75, 3.05) is 6.61 Å². The van der Waals surface area contributed by atoms with Gasteiger partial charge in [0.2, 0.25) is 5.90 Å². The average molecular weight is 425 g/mol. The normalized spacial score (nSPS) is 12.4. The van der Waals surface area contributed by atoms with Crippen LogP contribution in [0.1, 0.15) is 45.2 Å². The maximum Gasteiger partial charge on any atom is 0.368 e. The molecule has 0 N–H and O–H groups in total. The first-order chi connectivity index (χ1) is 14.9. The van der Waals surface area contributed by atoms with Crippen molar-refractivity contribution in [1.29, 1.82) is 0 Å². The molecule has 0 radical (unpaired) electrons. The topological polar surface area (TPSA) is 108 Å². The molecular formula is C21H27N7O3. The molecule has 0 aliphatic carbocycles. The van der Waals surface area contributed by atoms with Gasteiger partial charge in [-0.15, -0.1) is 11.0 Å². The van der Waals surface area contributed by atoms with Gasteiger partial charge < -0.3 is 9.57 Å². The number of aryl methyl sites for hydroxylation is 2. The van der Waals surface area contributed by atoms with Gasteiger partial charge in [-0.2, -0.15) is 14.5 Å². The van der Waals surface area contributed by atoms with E-state index in [0.29, 0.717) is 29.4 Å². The molecule has 0 atom stereocenters. The molecule has 0 aliphatic rings. The lowest BCUT2D eigenvalue weighted by Crippen LogP contribution is -2.23. The van der Waals surface area contributed by atoms with Crippen LogP contribution in [0.3, 0.4) is 0 Å². The Bertz CT molecular complexity index is 1110. The predicted octanol–water partition coefficient (Wildman–Crippen LogP) is 2.39. The van der Waals surface area contributed by atoms with Crippen molar-refractivity contribution in [2.24, 2.45) is 22.4 Å². The lowest BCUT2D eigenvalue weighted by Gasteiger charge is -2.13. The summed E-state index contributed by atoms with van der Waals surface area (Å²) in [5.74, 6) is 5.94. The number of oxime groups is 1. The number of hydrogen-bond acceptors (Lipinski definition) is 8. The Hall–Kier alpha value is -3.74. The number of ether oxygens (including phenoxy) is 1. The Morgan fingerprint density at radius 1 is 1.19 bits per heavy atom. The molecule has 0 unspecified atom stereocenters. The monoisotopic (exact) mass is 425 g/mol. The van der Waals surface area contributed by atoms with Crippen molar-refractivity contribution in [3.05, 3.63) is 39.8 Å². The molecule has 1 heterocycles. The van der Waals surface area contributed by atoms with Crippen molar-refractivity contribution in [3.63, 3.8) is 0 Å². The smallest absolute Gasteiger partial charge is 0.368 e. The lowest BCUT2D eigenvalue weighted by atomic mass is 10.1. The molecule has 0 fully saturated rings. The van der Waals surface area contributed by atoms with E-state index < -0.39 is 0 Å².